The third kappa shape index (κ3) is 4.26. The smallest absolute Gasteiger partial charge is 0.329 e. The van der Waals surface area contributed by atoms with Crippen LogP contribution in [0.5, 0.6) is 0 Å². The second kappa shape index (κ2) is 6.93. The molecule has 0 radical (unpaired) electrons. The molecule has 5 nitrogen and oxygen atoms in total. The highest BCUT2D eigenvalue weighted by atomic mass is 16.4. The minimum atomic E-state index is -1.25. The van der Waals surface area contributed by atoms with E-state index in [1.54, 1.807) is 12.1 Å². The van der Waals surface area contributed by atoms with Gasteiger partial charge in [0, 0.05) is 5.69 Å². The predicted molar refractivity (Wildman–Crippen MR) is 78.9 cm³/mol. The summed E-state index contributed by atoms with van der Waals surface area (Å²) in [5.74, 6) is -1.03. The van der Waals surface area contributed by atoms with Crippen molar-refractivity contribution in [2.45, 2.75) is 45.6 Å². The zero-order valence-corrected chi connectivity index (χ0v) is 12.2. The van der Waals surface area contributed by atoms with Crippen LogP contribution in [0.15, 0.2) is 24.3 Å². The van der Waals surface area contributed by atoms with E-state index in [9.17, 15) is 14.7 Å². The number of urea groups is 1. The van der Waals surface area contributed by atoms with Crippen molar-refractivity contribution >= 4 is 17.7 Å². The van der Waals surface area contributed by atoms with Crippen molar-refractivity contribution < 1.29 is 14.7 Å². The Morgan fingerprint density at radius 1 is 1.20 bits per heavy atom. The SMILES string of the molecule is CCCC(C)(NC(=O)Nc1ccc(CC)cc1)C(=O)O. The van der Waals surface area contributed by atoms with Gasteiger partial charge in [0.2, 0.25) is 0 Å². The standard InChI is InChI=1S/C15H22N2O3/c1-4-10-15(3,13(18)19)17-14(20)16-12-8-6-11(5-2)7-9-12/h6-9H,4-5,10H2,1-3H3,(H,18,19)(H2,16,17,20). The van der Waals surface area contributed by atoms with Crippen LogP contribution in [0.3, 0.4) is 0 Å². The first-order valence-corrected chi connectivity index (χ1v) is 6.82. The van der Waals surface area contributed by atoms with E-state index in [0.29, 0.717) is 18.5 Å². The highest BCUT2D eigenvalue weighted by Crippen LogP contribution is 2.14. The number of aliphatic carboxylic acids is 1. The number of benzene rings is 1. The topological polar surface area (TPSA) is 78.4 Å². The fourth-order valence-electron chi connectivity index (χ4n) is 1.96. The number of nitrogens with one attached hydrogen (secondary N) is 2. The van der Waals surface area contributed by atoms with Crippen molar-refractivity contribution in [3.8, 4) is 0 Å². The van der Waals surface area contributed by atoms with Gasteiger partial charge in [0.25, 0.3) is 0 Å². The number of carboxylic acid groups (broad SMARTS) is 1. The molecular weight excluding hydrogens is 256 g/mol. The molecule has 1 rings (SSSR count). The lowest BCUT2D eigenvalue weighted by Crippen LogP contribution is -2.53. The van der Waals surface area contributed by atoms with Crippen LogP contribution in [0.25, 0.3) is 0 Å². The van der Waals surface area contributed by atoms with Gasteiger partial charge >= 0.3 is 12.0 Å². The number of carboxylic acids is 1. The number of aryl methyl sites for hydroxylation is 1. The number of hydrogen-bond donors (Lipinski definition) is 3. The average molecular weight is 278 g/mol. The summed E-state index contributed by atoms with van der Waals surface area (Å²) in [5, 5.41) is 14.4. The molecule has 0 bridgehead atoms. The quantitative estimate of drug-likeness (QED) is 0.748. The number of hydrogen-bond acceptors (Lipinski definition) is 2. The van der Waals surface area contributed by atoms with Gasteiger partial charge in [-0.2, -0.15) is 0 Å². The zero-order chi connectivity index (χ0) is 15.2. The Balaban J connectivity index is 2.67. The lowest BCUT2D eigenvalue weighted by atomic mass is 9.97. The summed E-state index contributed by atoms with van der Waals surface area (Å²) >= 11 is 0. The van der Waals surface area contributed by atoms with Crippen LogP contribution in [0.4, 0.5) is 10.5 Å². The van der Waals surface area contributed by atoms with Crippen LogP contribution in [0, 0.1) is 0 Å². The van der Waals surface area contributed by atoms with E-state index < -0.39 is 17.5 Å². The largest absolute Gasteiger partial charge is 0.480 e. The van der Waals surface area contributed by atoms with E-state index in [1.807, 2.05) is 19.1 Å². The van der Waals surface area contributed by atoms with E-state index in [-0.39, 0.29) is 0 Å². The summed E-state index contributed by atoms with van der Waals surface area (Å²) < 4.78 is 0. The van der Waals surface area contributed by atoms with Crippen LogP contribution in [0.2, 0.25) is 0 Å². The van der Waals surface area contributed by atoms with Crippen LogP contribution in [-0.2, 0) is 11.2 Å². The van der Waals surface area contributed by atoms with Crippen molar-refractivity contribution in [2.75, 3.05) is 5.32 Å². The van der Waals surface area contributed by atoms with Crippen LogP contribution >= 0.6 is 0 Å². The summed E-state index contributed by atoms with van der Waals surface area (Å²) in [4.78, 5) is 23.1. The molecular formula is C15H22N2O3. The summed E-state index contributed by atoms with van der Waals surface area (Å²) in [6, 6.07) is 6.95. The van der Waals surface area contributed by atoms with Gasteiger partial charge in [-0.05, 0) is 37.5 Å². The maximum atomic E-state index is 11.9. The summed E-state index contributed by atoms with van der Waals surface area (Å²) in [7, 11) is 0. The average Bonchev–Trinajstić information content (AvgIpc) is 2.39. The molecule has 2 amide bonds. The van der Waals surface area contributed by atoms with E-state index in [2.05, 4.69) is 17.6 Å². The van der Waals surface area contributed by atoms with Crippen molar-refractivity contribution in [1.29, 1.82) is 0 Å². The van der Waals surface area contributed by atoms with Gasteiger partial charge in [-0.25, -0.2) is 9.59 Å². The van der Waals surface area contributed by atoms with Crippen molar-refractivity contribution in [1.82, 2.24) is 5.32 Å². The van der Waals surface area contributed by atoms with Crippen molar-refractivity contribution in [3.05, 3.63) is 29.8 Å². The second-order valence-corrected chi connectivity index (χ2v) is 5.02. The van der Waals surface area contributed by atoms with Gasteiger partial charge < -0.3 is 15.7 Å². The van der Waals surface area contributed by atoms with Gasteiger partial charge in [0.15, 0.2) is 0 Å². The molecule has 110 valence electrons. The molecule has 0 heterocycles. The Kier molecular flexibility index (Phi) is 5.55. The normalized spacial score (nSPS) is 13.3. The summed E-state index contributed by atoms with van der Waals surface area (Å²) in [5.41, 5.74) is 0.573. The molecule has 0 saturated carbocycles. The monoisotopic (exact) mass is 278 g/mol. The molecule has 0 aliphatic rings. The molecule has 0 spiro atoms. The van der Waals surface area contributed by atoms with Crippen molar-refractivity contribution in [2.24, 2.45) is 0 Å². The minimum Gasteiger partial charge on any atom is -0.480 e. The number of anilines is 1. The molecule has 1 aromatic carbocycles. The van der Waals surface area contributed by atoms with E-state index >= 15 is 0 Å². The number of amides is 2. The van der Waals surface area contributed by atoms with E-state index in [0.717, 1.165) is 6.42 Å². The Morgan fingerprint density at radius 2 is 1.80 bits per heavy atom. The van der Waals surface area contributed by atoms with E-state index in [4.69, 9.17) is 0 Å². The van der Waals surface area contributed by atoms with Gasteiger partial charge in [-0.15, -0.1) is 0 Å². The molecule has 5 heteroatoms. The molecule has 0 aliphatic carbocycles. The highest BCUT2D eigenvalue weighted by molar-refractivity contribution is 5.93. The molecule has 1 unspecified atom stereocenters. The van der Waals surface area contributed by atoms with Crippen LogP contribution < -0.4 is 10.6 Å². The molecule has 0 aliphatic heterocycles. The maximum Gasteiger partial charge on any atom is 0.329 e. The lowest BCUT2D eigenvalue weighted by Gasteiger charge is -2.25. The fourth-order valence-corrected chi connectivity index (χ4v) is 1.96. The Labute approximate surface area is 119 Å². The highest BCUT2D eigenvalue weighted by Gasteiger charge is 2.33. The number of rotatable bonds is 6. The molecule has 0 aromatic heterocycles. The molecule has 1 atom stereocenters. The summed E-state index contributed by atoms with van der Waals surface area (Å²) in [6.07, 6.45) is 1.98. The first-order chi connectivity index (χ1) is 9.41. The minimum absolute atomic E-state index is 0.379. The Morgan fingerprint density at radius 3 is 2.25 bits per heavy atom. The first-order valence-electron chi connectivity index (χ1n) is 6.82. The number of carbonyl (C=O) groups excluding carboxylic acids is 1. The van der Waals surface area contributed by atoms with Gasteiger partial charge in [-0.3, -0.25) is 0 Å². The first kappa shape index (κ1) is 16.0. The van der Waals surface area contributed by atoms with Gasteiger partial charge in [-0.1, -0.05) is 32.4 Å². The number of carbonyl (C=O) groups is 2. The molecule has 3 N–H and O–H groups in total. The maximum absolute atomic E-state index is 11.9. The molecule has 1 aromatic rings. The van der Waals surface area contributed by atoms with Gasteiger partial charge in [0.1, 0.15) is 5.54 Å². The second-order valence-electron chi connectivity index (χ2n) is 5.02. The lowest BCUT2D eigenvalue weighted by molar-refractivity contribution is -0.143. The molecule has 0 saturated heterocycles. The van der Waals surface area contributed by atoms with Crippen LogP contribution in [-0.4, -0.2) is 22.6 Å². The predicted octanol–water partition coefficient (Wildman–Crippen LogP) is 3.01. The van der Waals surface area contributed by atoms with Crippen LogP contribution in [0.1, 0.15) is 39.2 Å². The third-order valence-corrected chi connectivity index (χ3v) is 3.23. The summed E-state index contributed by atoms with van der Waals surface area (Å²) in [6.45, 7) is 5.45. The third-order valence-electron chi connectivity index (χ3n) is 3.23. The zero-order valence-electron chi connectivity index (χ0n) is 12.2. The fraction of sp³-hybridized carbons (Fsp3) is 0.467. The Hall–Kier alpha value is -2.04. The molecule has 0 fully saturated rings. The Bertz CT molecular complexity index is 471. The molecule has 20 heavy (non-hydrogen) atoms. The van der Waals surface area contributed by atoms with E-state index in [1.165, 1.54) is 12.5 Å². The van der Waals surface area contributed by atoms with Gasteiger partial charge in [0.05, 0.1) is 0 Å². The van der Waals surface area contributed by atoms with Crippen molar-refractivity contribution in [3.63, 3.8) is 0 Å².